The molecule has 0 radical (unpaired) electrons. The van der Waals surface area contributed by atoms with Gasteiger partial charge in [0.15, 0.2) is 0 Å². The van der Waals surface area contributed by atoms with Crippen LogP contribution in [-0.4, -0.2) is 78.5 Å². The number of hydrogen-bond donors (Lipinski definition) is 3. The highest BCUT2D eigenvalue weighted by Crippen LogP contribution is 2.38. The first-order valence-electron chi connectivity index (χ1n) is 13.4. The maximum Gasteiger partial charge on any atom is 0.259 e. The van der Waals surface area contributed by atoms with Crippen molar-refractivity contribution in [3.8, 4) is 0 Å². The first-order valence-corrected chi connectivity index (χ1v) is 13.8. The van der Waals surface area contributed by atoms with Crippen LogP contribution in [0.4, 0.5) is 10.2 Å². The lowest BCUT2D eigenvalue weighted by atomic mass is 9.97. The number of pyridine rings is 1. The van der Waals surface area contributed by atoms with Gasteiger partial charge in [-0.3, -0.25) is 15.2 Å². The molecule has 5 aliphatic heterocycles. The van der Waals surface area contributed by atoms with E-state index in [9.17, 15) is 9.18 Å². The Balaban J connectivity index is 1.14. The molecule has 6 heterocycles. The molecule has 1 aromatic carbocycles. The molecule has 40 heavy (non-hydrogen) atoms. The molecule has 0 spiro atoms. The van der Waals surface area contributed by atoms with Crippen molar-refractivity contribution in [3.63, 3.8) is 0 Å². The van der Waals surface area contributed by atoms with E-state index in [4.69, 9.17) is 26.1 Å². The summed E-state index contributed by atoms with van der Waals surface area (Å²) in [5.41, 5.74) is 14.1. The van der Waals surface area contributed by atoms with Gasteiger partial charge in [-0.2, -0.15) is 0 Å². The fourth-order valence-electron chi connectivity index (χ4n) is 6.12. The maximum absolute atomic E-state index is 14.6. The molecule has 0 saturated carbocycles. The lowest BCUT2D eigenvalue weighted by Crippen LogP contribution is -2.66. The summed E-state index contributed by atoms with van der Waals surface area (Å²) in [4.78, 5) is 22.2. The number of hydrogen-bond acceptors (Lipinski definition) is 9. The number of carbonyl (C=O) groups is 1. The number of halogens is 2. The van der Waals surface area contributed by atoms with Crippen LogP contribution in [0.1, 0.15) is 22.8 Å². The van der Waals surface area contributed by atoms with Gasteiger partial charge in [-0.25, -0.2) is 20.2 Å². The van der Waals surface area contributed by atoms with E-state index < -0.39 is 11.7 Å². The van der Waals surface area contributed by atoms with Crippen LogP contribution in [-0.2, 0) is 9.47 Å². The third-order valence-corrected chi connectivity index (χ3v) is 8.17. The molecule has 3 N–H and O–H groups in total. The molecule has 7 rings (SSSR count). The zero-order chi connectivity index (χ0) is 27.4. The molecular weight excluding hydrogens is 537 g/mol. The molecule has 1 aromatic heterocycles. The number of hydrazine groups is 2. The minimum atomic E-state index is -0.613. The number of rotatable bonds is 5. The highest BCUT2D eigenvalue weighted by molar-refractivity contribution is 6.33. The Kier molecular flexibility index (Phi) is 6.48. The van der Waals surface area contributed by atoms with Gasteiger partial charge in [-0.15, -0.1) is 0 Å². The summed E-state index contributed by atoms with van der Waals surface area (Å²) in [5.74, 6) is 0.577. The van der Waals surface area contributed by atoms with E-state index in [1.807, 2.05) is 30.4 Å². The first-order chi connectivity index (χ1) is 19.5. The normalized spacial score (nSPS) is 25.5. The summed E-state index contributed by atoms with van der Waals surface area (Å²) in [6.45, 7) is 5.04. The van der Waals surface area contributed by atoms with Crippen LogP contribution in [0, 0.1) is 5.82 Å². The molecule has 3 atom stereocenters. The van der Waals surface area contributed by atoms with E-state index >= 15 is 0 Å². The smallest absolute Gasteiger partial charge is 0.259 e. The molecule has 3 saturated heterocycles. The standard InChI is InChI=1S/C28H29ClFN7O3/c1-2-40-19-8-20(26-21-10-32-33-27(21)34-36(26)13-19)16-6-7-24(31-9-16)35-11-17-14-39-15-18(12-35)37(17)28(38)25-22(29)4-3-5-23(25)30/h3-9,13,17-18,27,32-34H,2,10-12,14-15H2,1H3. The van der Waals surface area contributed by atoms with Crippen molar-refractivity contribution in [2.75, 3.05) is 44.4 Å². The van der Waals surface area contributed by atoms with Gasteiger partial charge in [0, 0.05) is 42.5 Å². The van der Waals surface area contributed by atoms with E-state index in [1.54, 1.807) is 4.90 Å². The minimum Gasteiger partial charge on any atom is -0.492 e. The zero-order valence-electron chi connectivity index (χ0n) is 21.9. The second kappa shape index (κ2) is 10.2. The monoisotopic (exact) mass is 565 g/mol. The van der Waals surface area contributed by atoms with Crippen LogP contribution in [0.25, 0.3) is 5.57 Å². The van der Waals surface area contributed by atoms with Gasteiger partial charge in [0.25, 0.3) is 5.91 Å². The number of anilines is 1. The summed E-state index contributed by atoms with van der Waals surface area (Å²) in [6.07, 6.45) is 5.92. The molecule has 3 fully saturated rings. The molecule has 5 aliphatic rings. The summed E-state index contributed by atoms with van der Waals surface area (Å²) < 4.78 is 26.2. The number of piperazine rings is 1. The van der Waals surface area contributed by atoms with Crippen molar-refractivity contribution in [1.82, 2.24) is 31.2 Å². The Morgan fingerprint density at radius 2 is 2.05 bits per heavy atom. The highest BCUT2D eigenvalue weighted by Gasteiger charge is 2.43. The SMILES string of the molecule is CCOC1=CN2NC3NNCC3=C2C(c2ccc(N3CC4COCC(C3)N4C(=O)c3c(F)cccc3Cl)nc2)=C1. The van der Waals surface area contributed by atoms with Gasteiger partial charge in [0.2, 0.25) is 0 Å². The lowest BCUT2D eigenvalue weighted by Gasteiger charge is -2.50. The number of morpholine rings is 1. The molecule has 3 unspecified atom stereocenters. The van der Waals surface area contributed by atoms with E-state index in [0.29, 0.717) is 32.9 Å². The number of allylic oxidation sites excluding steroid dienone is 2. The molecule has 1 amide bonds. The number of amides is 1. The number of carbonyl (C=O) groups excluding carboxylic acids is 1. The number of nitrogens with one attached hydrogen (secondary N) is 3. The molecule has 0 aliphatic carbocycles. The third kappa shape index (κ3) is 4.25. The molecule has 2 aromatic rings. The zero-order valence-corrected chi connectivity index (χ0v) is 22.6. The fourth-order valence-corrected chi connectivity index (χ4v) is 6.36. The Hall–Kier alpha value is -3.48. The summed E-state index contributed by atoms with van der Waals surface area (Å²) in [7, 11) is 0. The molecule has 12 heteroatoms. The average Bonchev–Trinajstić information content (AvgIpc) is 3.53. The van der Waals surface area contributed by atoms with Gasteiger partial charge in [-0.1, -0.05) is 17.7 Å². The first kappa shape index (κ1) is 25.5. The lowest BCUT2D eigenvalue weighted by molar-refractivity contribution is -0.0431. The number of aromatic nitrogens is 1. The molecular formula is C28H29ClFN7O3. The largest absolute Gasteiger partial charge is 0.492 e. The van der Waals surface area contributed by atoms with Crippen LogP contribution in [0.2, 0.25) is 5.02 Å². The van der Waals surface area contributed by atoms with Gasteiger partial charge in [0.1, 0.15) is 23.6 Å². The van der Waals surface area contributed by atoms with Crippen molar-refractivity contribution < 1.29 is 18.7 Å². The van der Waals surface area contributed by atoms with Gasteiger partial charge in [-0.05, 0) is 37.3 Å². The second-order valence-electron chi connectivity index (χ2n) is 10.3. The molecule has 208 valence electrons. The predicted octanol–water partition coefficient (Wildman–Crippen LogP) is 2.39. The summed E-state index contributed by atoms with van der Waals surface area (Å²) in [6, 6.07) is 7.89. The predicted molar refractivity (Wildman–Crippen MR) is 147 cm³/mol. The van der Waals surface area contributed by atoms with E-state index in [2.05, 4.69) is 33.3 Å². The van der Waals surface area contributed by atoms with Gasteiger partial charge >= 0.3 is 0 Å². The Morgan fingerprint density at radius 3 is 2.77 bits per heavy atom. The Labute approximate surface area is 236 Å². The van der Waals surface area contributed by atoms with E-state index in [-0.39, 0.29) is 28.8 Å². The number of nitrogens with zero attached hydrogens (tertiary/aromatic N) is 4. The van der Waals surface area contributed by atoms with Crippen molar-refractivity contribution in [3.05, 3.63) is 87.8 Å². The number of fused-ring (bicyclic) bond motifs is 4. The van der Waals surface area contributed by atoms with Crippen molar-refractivity contribution in [2.45, 2.75) is 25.2 Å². The van der Waals surface area contributed by atoms with E-state index in [0.717, 1.165) is 35.0 Å². The van der Waals surface area contributed by atoms with Gasteiger partial charge < -0.3 is 19.3 Å². The van der Waals surface area contributed by atoms with Crippen LogP contribution >= 0.6 is 11.6 Å². The van der Waals surface area contributed by atoms with Crippen LogP contribution in [0.5, 0.6) is 0 Å². The average molecular weight is 566 g/mol. The second-order valence-corrected chi connectivity index (χ2v) is 10.7. The van der Waals surface area contributed by atoms with Crippen molar-refractivity contribution >= 4 is 28.9 Å². The van der Waals surface area contributed by atoms with E-state index in [1.165, 1.54) is 23.8 Å². The minimum absolute atomic E-state index is 0.0164. The summed E-state index contributed by atoms with van der Waals surface area (Å²) in [5, 5.41) is 2.13. The Bertz CT molecular complexity index is 1410. The van der Waals surface area contributed by atoms with Crippen LogP contribution < -0.4 is 21.2 Å². The number of ether oxygens (including phenoxy) is 2. The van der Waals surface area contributed by atoms with Crippen LogP contribution in [0.15, 0.2) is 65.8 Å². The third-order valence-electron chi connectivity index (χ3n) is 7.86. The summed E-state index contributed by atoms with van der Waals surface area (Å²) >= 11 is 6.22. The fraction of sp³-hybridized carbons (Fsp3) is 0.357. The topological polar surface area (TPSA) is 94.2 Å². The number of benzene rings is 1. The van der Waals surface area contributed by atoms with Gasteiger partial charge in [0.05, 0.1) is 54.4 Å². The molecule has 10 nitrogen and oxygen atoms in total. The van der Waals surface area contributed by atoms with Crippen LogP contribution in [0.3, 0.4) is 0 Å². The highest BCUT2D eigenvalue weighted by atomic mass is 35.5. The maximum atomic E-state index is 14.6. The quantitative estimate of drug-likeness (QED) is 0.505. The van der Waals surface area contributed by atoms with Crippen molar-refractivity contribution in [1.29, 1.82) is 0 Å². The van der Waals surface area contributed by atoms with Crippen molar-refractivity contribution in [2.24, 2.45) is 0 Å². The Morgan fingerprint density at radius 1 is 1.23 bits per heavy atom. The molecule has 2 bridgehead atoms.